The van der Waals surface area contributed by atoms with E-state index in [0.717, 1.165) is 18.4 Å². The number of likely N-dealkylation sites (tertiary alicyclic amines) is 1. The Bertz CT molecular complexity index is 1060. The Hall–Kier alpha value is -2.89. The summed E-state index contributed by atoms with van der Waals surface area (Å²) in [7, 11) is -3.58. The molecule has 3 rings (SSSR count). The maximum Gasteiger partial charge on any atom is 0.263 e. The normalized spacial score (nSPS) is 17.6. The molecule has 2 aromatic rings. The van der Waals surface area contributed by atoms with Crippen molar-refractivity contribution in [1.29, 1.82) is 5.26 Å². The molecule has 1 N–H and O–H groups in total. The fraction of sp³-hybridized carbons (Fsp3) is 0.391. The Kier molecular flexibility index (Phi) is 7.31. The fourth-order valence-electron chi connectivity index (χ4n) is 3.61. The van der Waals surface area contributed by atoms with Crippen LogP contribution >= 0.6 is 0 Å². The van der Waals surface area contributed by atoms with Gasteiger partial charge in [-0.2, -0.15) is 5.26 Å². The first-order valence-electron chi connectivity index (χ1n) is 10.3. The predicted octanol–water partition coefficient (Wildman–Crippen LogP) is 2.85. The molecule has 31 heavy (non-hydrogen) atoms. The van der Waals surface area contributed by atoms with Gasteiger partial charge >= 0.3 is 0 Å². The molecule has 0 saturated carbocycles. The molecule has 1 amide bonds. The highest BCUT2D eigenvalue weighted by molar-refractivity contribution is 7.89. The van der Waals surface area contributed by atoms with Crippen LogP contribution in [0.1, 0.15) is 30.9 Å². The van der Waals surface area contributed by atoms with Crippen LogP contribution in [0.5, 0.6) is 5.75 Å². The number of nitriles is 1. The summed E-state index contributed by atoms with van der Waals surface area (Å²) < 4.78 is 33.5. The third-order valence-electron chi connectivity index (χ3n) is 5.35. The minimum absolute atomic E-state index is 0.0343. The summed E-state index contributed by atoms with van der Waals surface area (Å²) in [6.45, 7) is 4.96. The highest BCUT2D eigenvalue weighted by Crippen LogP contribution is 2.20. The van der Waals surface area contributed by atoms with Crippen molar-refractivity contribution in [3.05, 3.63) is 59.7 Å². The smallest absolute Gasteiger partial charge is 0.263 e. The number of hydrogen-bond donors (Lipinski definition) is 1. The molecule has 0 aliphatic carbocycles. The molecule has 1 saturated heterocycles. The van der Waals surface area contributed by atoms with Crippen LogP contribution in [0.4, 0.5) is 0 Å². The minimum atomic E-state index is -3.58. The van der Waals surface area contributed by atoms with Gasteiger partial charge in [0, 0.05) is 19.6 Å². The molecule has 2 aromatic carbocycles. The first kappa shape index (κ1) is 22.8. The Morgan fingerprint density at radius 2 is 2.03 bits per heavy atom. The van der Waals surface area contributed by atoms with E-state index in [1.165, 1.54) is 0 Å². The van der Waals surface area contributed by atoms with E-state index in [2.05, 4.69) is 4.72 Å². The predicted molar refractivity (Wildman–Crippen MR) is 117 cm³/mol. The molecule has 0 radical (unpaired) electrons. The van der Waals surface area contributed by atoms with Crippen molar-refractivity contribution in [3.63, 3.8) is 0 Å². The van der Waals surface area contributed by atoms with Gasteiger partial charge < -0.3 is 9.64 Å². The van der Waals surface area contributed by atoms with Crippen molar-refractivity contribution < 1.29 is 17.9 Å². The molecule has 1 fully saturated rings. The van der Waals surface area contributed by atoms with Crippen LogP contribution in [0.2, 0.25) is 0 Å². The summed E-state index contributed by atoms with van der Waals surface area (Å²) in [4.78, 5) is 14.8. The van der Waals surface area contributed by atoms with E-state index in [4.69, 9.17) is 10.00 Å². The van der Waals surface area contributed by atoms with E-state index in [-0.39, 0.29) is 23.3 Å². The number of rotatable bonds is 7. The summed E-state index contributed by atoms with van der Waals surface area (Å²) in [6.07, 6.45) is 0.954. The second-order valence-corrected chi connectivity index (χ2v) is 9.62. The molecule has 7 nitrogen and oxygen atoms in total. The van der Waals surface area contributed by atoms with Crippen LogP contribution in [0.15, 0.2) is 53.4 Å². The van der Waals surface area contributed by atoms with E-state index in [9.17, 15) is 13.2 Å². The summed E-state index contributed by atoms with van der Waals surface area (Å²) in [5, 5.41) is 9.00. The van der Waals surface area contributed by atoms with Crippen molar-refractivity contribution in [2.24, 2.45) is 5.92 Å². The van der Waals surface area contributed by atoms with E-state index >= 15 is 0 Å². The molecule has 0 aromatic heterocycles. The third-order valence-corrected chi connectivity index (χ3v) is 6.79. The van der Waals surface area contributed by atoms with Crippen LogP contribution in [0.3, 0.4) is 0 Å². The zero-order chi connectivity index (χ0) is 22.4. The Morgan fingerprint density at radius 3 is 2.74 bits per heavy atom. The Labute approximate surface area is 183 Å². The largest absolute Gasteiger partial charge is 0.481 e. The van der Waals surface area contributed by atoms with Crippen LogP contribution < -0.4 is 9.46 Å². The van der Waals surface area contributed by atoms with E-state index in [1.54, 1.807) is 60.4 Å². The van der Waals surface area contributed by atoms with Crippen LogP contribution in [-0.2, 0) is 14.8 Å². The van der Waals surface area contributed by atoms with Gasteiger partial charge in [-0.25, -0.2) is 13.1 Å². The average Bonchev–Trinajstić information content (AvgIpc) is 2.78. The average molecular weight is 442 g/mol. The van der Waals surface area contributed by atoms with Crippen molar-refractivity contribution in [3.8, 4) is 11.8 Å². The second-order valence-electron chi connectivity index (χ2n) is 7.86. The van der Waals surface area contributed by atoms with Gasteiger partial charge in [0.1, 0.15) is 5.75 Å². The molecule has 8 heteroatoms. The molecule has 164 valence electrons. The van der Waals surface area contributed by atoms with Crippen molar-refractivity contribution in [2.45, 2.75) is 37.7 Å². The lowest BCUT2D eigenvalue weighted by Crippen LogP contribution is -2.47. The maximum atomic E-state index is 12.9. The van der Waals surface area contributed by atoms with Crippen molar-refractivity contribution >= 4 is 15.9 Å². The number of benzene rings is 2. The molecular formula is C23H27N3O4S. The van der Waals surface area contributed by atoms with Crippen molar-refractivity contribution in [1.82, 2.24) is 9.62 Å². The highest BCUT2D eigenvalue weighted by atomic mass is 32.2. The lowest BCUT2D eigenvalue weighted by molar-refractivity contribution is -0.139. The summed E-state index contributed by atoms with van der Waals surface area (Å²) in [6, 6.07) is 15.5. The SMILES string of the molecule is Cc1ccc(S(=O)(=O)NCC2CCCN(C(=O)C(C)Oc3cccc(C#N)c3)C2)cc1. The standard InChI is InChI=1S/C23H27N3O4S/c1-17-8-10-22(11-9-17)31(28,29)25-15-20-6-4-12-26(16-20)23(27)18(2)30-21-7-3-5-19(13-21)14-24/h3,5,7-11,13,18,20,25H,4,6,12,15-16H2,1-2H3. The number of carbonyl (C=O) groups excluding carboxylic acids is 1. The summed E-state index contributed by atoms with van der Waals surface area (Å²) in [5.41, 5.74) is 1.46. The lowest BCUT2D eigenvalue weighted by Gasteiger charge is -2.34. The van der Waals surface area contributed by atoms with Gasteiger partial charge in [0.25, 0.3) is 5.91 Å². The monoisotopic (exact) mass is 441 g/mol. The van der Waals surface area contributed by atoms with Gasteiger partial charge in [0.2, 0.25) is 10.0 Å². The molecule has 1 aliphatic heterocycles. The number of nitrogens with one attached hydrogen (secondary N) is 1. The zero-order valence-electron chi connectivity index (χ0n) is 17.7. The number of carbonyl (C=O) groups is 1. The van der Waals surface area contributed by atoms with Crippen LogP contribution in [0.25, 0.3) is 0 Å². The topological polar surface area (TPSA) is 99.5 Å². The number of ether oxygens (including phenoxy) is 1. The van der Waals surface area contributed by atoms with Gasteiger partial charge in [0.05, 0.1) is 16.5 Å². The molecular weight excluding hydrogens is 414 g/mol. The molecule has 1 aliphatic rings. The molecule has 2 unspecified atom stereocenters. The first-order valence-corrected chi connectivity index (χ1v) is 11.8. The lowest BCUT2D eigenvalue weighted by atomic mass is 9.98. The fourth-order valence-corrected chi connectivity index (χ4v) is 4.73. The summed E-state index contributed by atoms with van der Waals surface area (Å²) in [5.74, 6) is 0.361. The number of piperidine rings is 1. The van der Waals surface area contributed by atoms with Gasteiger partial charge in [-0.05, 0) is 62.9 Å². The van der Waals surface area contributed by atoms with E-state index < -0.39 is 16.1 Å². The Balaban J connectivity index is 1.56. The van der Waals surface area contributed by atoms with Gasteiger partial charge in [-0.3, -0.25) is 4.79 Å². The zero-order valence-corrected chi connectivity index (χ0v) is 18.6. The quantitative estimate of drug-likeness (QED) is 0.712. The molecule has 1 heterocycles. The number of amides is 1. The number of aryl methyl sites for hydroxylation is 1. The second kappa shape index (κ2) is 9.94. The first-order chi connectivity index (χ1) is 14.8. The maximum absolute atomic E-state index is 12.9. The highest BCUT2D eigenvalue weighted by Gasteiger charge is 2.28. The van der Waals surface area contributed by atoms with E-state index in [1.807, 2.05) is 13.0 Å². The van der Waals surface area contributed by atoms with Gasteiger partial charge in [0.15, 0.2) is 6.10 Å². The van der Waals surface area contributed by atoms with Gasteiger partial charge in [-0.15, -0.1) is 0 Å². The number of nitrogens with zero attached hydrogens (tertiary/aromatic N) is 2. The Morgan fingerprint density at radius 1 is 1.29 bits per heavy atom. The number of sulfonamides is 1. The molecule has 0 bridgehead atoms. The number of hydrogen-bond acceptors (Lipinski definition) is 5. The summed E-state index contributed by atoms with van der Waals surface area (Å²) >= 11 is 0. The van der Waals surface area contributed by atoms with Gasteiger partial charge in [-0.1, -0.05) is 23.8 Å². The van der Waals surface area contributed by atoms with Crippen molar-refractivity contribution in [2.75, 3.05) is 19.6 Å². The minimum Gasteiger partial charge on any atom is -0.481 e. The molecule has 0 spiro atoms. The van der Waals surface area contributed by atoms with Crippen LogP contribution in [-0.4, -0.2) is 45.0 Å². The third kappa shape index (κ3) is 6.06. The van der Waals surface area contributed by atoms with E-state index in [0.29, 0.717) is 24.4 Å². The van der Waals surface area contributed by atoms with Crippen LogP contribution in [0, 0.1) is 24.2 Å². The molecule has 2 atom stereocenters.